The third-order valence-electron chi connectivity index (χ3n) is 4.19. The van der Waals surface area contributed by atoms with Crippen LogP contribution >= 0.6 is 11.6 Å². The van der Waals surface area contributed by atoms with Crippen LogP contribution in [0.3, 0.4) is 0 Å². The van der Waals surface area contributed by atoms with E-state index in [1.807, 2.05) is 26.0 Å². The van der Waals surface area contributed by atoms with Gasteiger partial charge in [0.05, 0.1) is 0 Å². The minimum Gasteiger partial charge on any atom is -0.341 e. The van der Waals surface area contributed by atoms with Gasteiger partial charge >= 0.3 is 0 Å². The Kier molecular flexibility index (Phi) is 5.54. The molecule has 0 aliphatic carbocycles. The fourth-order valence-corrected chi connectivity index (χ4v) is 3.18. The molecule has 0 bridgehead atoms. The van der Waals surface area contributed by atoms with E-state index < -0.39 is 0 Å². The van der Waals surface area contributed by atoms with E-state index in [9.17, 15) is 0 Å². The van der Waals surface area contributed by atoms with E-state index in [1.54, 1.807) is 0 Å². The number of rotatable bonds is 3. The van der Waals surface area contributed by atoms with Gasteiger partial charge in [-0.05, 0) is 18.4 Å². The molecule has 0 spiro atoms. The van der Waals surface area contributed by atoms with Crippen molar-refractivity contribution in [1.29, 1.82) is 0 Å². The van der Waals surface area contributed by atoms with Crippen LogP contribution in [0.4, 0.5) is 0 Å². The van der Waals surface area contributed by atoms with Gasteiger partial charge in [-0.15, -0.1) is 0 Å². The summed E-state index contributed by atoms with van der Waals surface area (Å²) < 4.78 is 0. The van der Waals surface area contributed by atoms with Crippen LogP contribution in [-0.2, 0) is 0 Å². The van der Waals surface area contributed by atoms with E-state index in [1.165, 1.54) is 16.5 Å². The maximum atomic E-state index is 6.34. The van der Waals surface area contributed by atoms with Gasteiger partial charge in [0.1, 0.15) is 0 Å². The molecular weight excluding hydrogens is 302 g/mol. The highest BCUT2D eigenvalue weighted by Crippen LogP contribution is 2.42. The molecule has 3 rings (SSSR count). The zero-order valence-electron chi connectivity index (χ0n) is 14.6. The Bertz CT molecular complexity index is 721. The summed E-state index contributed by atoms with van der Waals surface area (Å²) in [5.74, 6) is 0.660. The molecule has 1 nitrogen and oxygen atoms in total. The highest BCUT2D eigenvalue weighted by atomic mass is 35.5. The molecule has 0 fully saturated rings. The fraction of sp³-hybridized carbons (Fsp3) is 0.333. The molecule has 122 valence electrons. The summed E-state index contributed by atoms with van der Waals surface area (Å²) in [7, 11) is 0. The lowest BCUT2D eigenvalue weighted by Gasteiger charge is -2.35. The fourth-order valence-electron chi connectivity index (χ4n) is 2.96. The molecule has 0 unspecified atom stereocenters. The number of halogens is 1. The summed E-state index contributed by atoms with van der Waals surface area (Å²) in [6, 6.07) is 10.3. The van der Waals surface area contributed by atoms with E-state index in [2.05, 4.69) is 50.1 Å². The molecular formula is C21H26ClN. The molecule has 0 amide bonds. The normalized spacial score (nSPS) is 13.4. The summed E-state index contributed by atoms with van der Waals surface area (Å²) in [5, 5.41) is 3.05. The summed E-state index contributed by atoms with van der Waals surface area (Å²) in [4.78, 5) is 2.24. The predicted molar refractivity (Wildman–Crippen MR) is 105 cm³/mol. The highest BCUT2D eigenvalue weighted by molar-refractivity contribution is 6.36. The first-order valence-electron chi connectivity index (χ1n) is 8.38. The highest BCUT2D eigenvalue weighted by Gasteiger charge is 2.25. The van der Waals surface area contributed by atoms with E-state index in [-0.39, 0.29) is 0 Å². The molecule has 0 radical (unpaired) electrons. The van der Waals surface area contributed by atoms with Crippen molar-refractivity contribution in [3.63, 3.8) is 0 Å². The lowest BCUT2D eigenvalue weighted by Crippen LogP contribution is -2.25. The first kappa shape index (κ1) is 17.6. The van der Waals surface area contributed by atoms with Gasteiger partial charge in [-0.1, -0.05) is 76.7 Å². The van der Waals surface area contributed by atoms with E-state index in [0.29, 0.717) is 5.92 Å². The average molecular weight is 328 g/mol. The largest absolute Gasteiger partial charge is 0.341 e. The van der Waals surface area contributed by atoms with Crippen LogP contribution in [0, 0.1) is 5.92 Å². The summed E-state index contributed by atoms with van der Waals surface area (Å²) in [5.41, 5.74) is 4.39. The second-order valence-electron chi connectivity index (χ2n) is 6.05. The van der Waals surface area contributed by atoms with Gasteiger partial charge in [-0.3, -0.25) is 0 Å². The Balaban J connectivity index is 0.000000924. The van der Waals surface area contributed by atoms with Crippen molar-refractivity contribution >= 4 is 33.8 Å². The summed E-state index contributed by atoms with van der Waals surface area (Å²) in [6.07, 6.45) is 1.12. The monoisotopic (exact) mass is 327 g/mol. The van der Waals surface area contributed by atoms with E-state index in [0.717, 1.165) is 34.8 Å². The molecule has 1 aliphatic rings. The van der Waals surface area contributed by atoms with Gasteiger partial charge in [-0.25, -0.2) is 0 Å². The van der Waals surface area contributed by atoms with Crippen LogP contribution in [0.15, 0.2) is 43.5 Å². The molecule has 23 heavy (non-hydrogen) atoms. The maximum absolute atomic E-state index is 6.34. The minimum atomic E-state index is 0.660. The van der Waals surface area contributed by atoms with Crippen LogP contribution < -0.4 is 0 Å². The first-order valence-corrected chi connectivity index (χ1v) is 8.76. The average Bonchev–Trinajstić information content (AvgIpc) is 2.55. The second kappa shape index (κ2) is 7.23. The van der Waals surface area contributed by atoms with E-state index in [4.69, 9.17) is 11.6 Å². The molecule has 0 aromatic heterocycles. The molecule has 2 heteroatoms. The van der Waals surface area contributed by atoms with Crippen molar-refractivity contribution in [3.05, 3.63) is 59.6 Å². The Morgan fingerprint density at radius 3 is 2.22 bits per heavy atom. The smallest absolute Gasteiger partial charge is 0.0485 e. The van der Waals surface area contributed by atoms with Gasteiger partial charge in [0.2, 0.25) is 0 Å². The quantitative estimate of drug-likeness (QED) is 0.597. The lowest BCUT2D eigenvalue weighted by molar-refractivity contribution is 0.466. The van der Waals surface area contributed by atoms with Crippen LogP contribution in [0.2, 0.25) is 5.02 Å². The van der Waals surface area contributed by atoms with Crippen molar-refractivity contribution in [2.45, 2.75) is 34.1 Å². The van der Waals surface area contributed by atoms with Gasteiger partial charge < -0.3 is 4.90 Å². The molecule has 1 heterocycles. The Morgan fingerprint density at radius 1 is 1.00 bits per heavy atom. The van der Waals surface area contributed by atoms with Gasteiger partial charge in [0.25, 0.3) is 0 Å². The molecule has 0 N–H and O–H groups in total. The molecule has 0 saturated heterocycles. The van der Waals surface area contributed by atoms with Crippen molar-refractivity contribution in [2.75, 3.05) is 6.54 Å². The van der Waals surface area contributed by atoms with Crippen LogP contribution in [0.1, 0.15) is 45.2 Å². The van der Waals surface area contributed by atoms with E-state index >= 15 is 0 Å². The van der Waals surface area contributed by atoms with Gasteiger partial charge in [0, 0.05) is 44.9 Å². The molecule has 0 atom stereocenters. The number of hydrogen-bond donors (Lipinski definition) is 0. The van der Waals surface area contributed by atoms with Crippen LogP contribution in [-0.4, -0.2) is 11.4 Å². The van der Waals surface area contributed by atoms with Crippen molar-refractivity contribution in [2.24, 2.45) is 5.92 Å². The zero-order chi connectivity index (χ0) is 17.1. The standard InChI is InChI=1S/C19H20ClN.C2H6/c1-12(2)10-11-21-13(3)15-6-5-7-17-18(20)9-8-16(14(21)4)19(15)17;1-2/h5-9,12H,3-4,10-11H2,1-2H3;1-2H3. The number of benzene rings is 2. The zero-order valence-corrected chi connectivity index (χ0v) is 15.4. The summed E-state index contributed by atoms with van der Waals surface area (Å²) in [6.45, 7) is 18.0. The Hall–Kier alpha value is -1.73. The van der Waals surface area contributed by atoms with Gasteiger partial charge in [0.15, 0.2) is 0 Å². The SMILES string of the molecule is C=C1c2cccc3c(Cl)ccc(c23)C(=C)N1CCC(C)C.CC. The minimum absolute atomic E-state index is 0.660. The third kappa shape index (κ3) is 3.16. The molecule has 1 aliphatic heterocycles. The number of nitrogens with zero attached hydrogens (tertiary/aromatic N) is 1. The van der Waals surface area contributed by atoms with Gasteiger partial charge in [-0.2, -0.15) is 0 Å². The number of hydrogen-bond acceptors (Lipinski definition) is 1. The molecule has 2 aromatic rings. The Labute approximate surface area is 145 Å². The lowest BCUT2D eigenvalue weighted by atomic mass is 9.91. The second-order valence-corrected chi connectivity index (χ2v) is 6.46. The first-order chi connectivity index (χ1) is 11.0. The van der Waals surface area contributed by atoms with Crippen molar-refractivity contribution < 1.29 is 0 Å². The van der Waals surface area contributed by atoms with Crippen molar-refractivity contribution in [1.82, 2.24) is 4.90 Å². The Morgan fingerprint density at radius 2 is 1.61 bits per heavy atom. The van der Waals surface area contributed by atoms with Crippen LogP contribution in [0.5, 0.6) is 0 Å². The third-order valence-corrected chi connectivity index (χ3v) is 4.52. The molecule has 2 aromatic carbocycles. The summed E-state index contributed by atoms with van der Waals surface area (Å²) >= 11 is 6.34. The maximum Gasteiger partial charge on any atom is 0.0485 e. The topological polar surface area (TPSA) is 3.24 Å². The molecule has 0 saturated carbocycles. The predicted octanol–water partition coefficient (Wildman–Crippen LogP) is 6.82. The van der Waals surface area contributed by atoms with Crippen LogP contribution in [0.25, 0.3) is 22.2 Å². The van der Waals surface area contributed by atoms with Crippen molar-refractivity contribution in [3.8, 4) is 0 Å².